The first-order chi connectivity index (χ1) is 18.3. The number of carbonyl (C=O) groups is 4. The van der Waals surface area contributed by atoms with E-state index in [4.69, 9.17) is 11.5 Å². The smallest absolute Gasteiger partial charge is 0.240 e. The average Bonchev–Trinajstić information content (AvgIpc) is 3.61. The van der Waals surface area contributed by atoms with Gasteiger partial charge in [0.25, 0.3) is 0 Å². The third-order valence-corrected chi connectivity index (χ3v) is 9.14. The van der Waals surface area contributed by atoms with Crippen LogP contribution in [-0.2, 0) is 19.2 Å². The molecule has 4 rings (SSSR count). The molecular formula is C28H48N6O4. The summed E-state index contributed by atoms with van der Waals surface area (Å²) < 4.78 is 0. The Balaban J connectivity index is 1.11. The fraction of sp³-hybridized carbons (Fsp3) is 0.857. The molecule has 4 unspecified atom stereocenters. The fourth-order valence-corrected chi connectivity index (χ4v) is 7.07. The van der Waals surface area contributed by atoms with Crippen molar-refractivity contribution in [3.63, 3.8) is 0 Å². The zero-order valence-corrected chi connectivity index (χ0v) is 23.0. The van der Waals surface area contributed by atoms with Gasteiger partial charge in [0.2, 0.25) is 23.6 Å². The van der Waals surface area contributed by atoms with Crippen molar-refractivity contribution in [3.05, 3.63) is 0 Å². The van der Waals surface area contributed by atoms with E-state index in [0.29, 0.717) is 25.9 Å². The maximum Gasteiger partial charge on any atom is 0.240 e. The van der Waals surface area contributed by atoms with E-state index in [9.17, 15) is 19.2 Å². The normalized spacial score (nSPS) is 29.1. The van der Waals surface area contributed by atoms with E-state index < -0.39 is 12.1 Å². The molecule has 214 valence electrons. The van der Waals surface area contributed by atoms with Crippen LogP contribution in [0.3, 0.4) is 0 Å². The van der Waals surface area contributed by atoms with Crippen LogP contribution in [0.15, 0.2) is 0 Å². The summed E-state index contributed by atoms with van der Waals surface area (Å²) in [6.45, 7) is 7.00. The van der Waals surface area contributed by atoms with Crippen LogP contribution in [0.4, 0.5) is 0 Å². The number of hydrogen-bond donors (Lipinski definition) is 2. The molecule has 38 heavy (non-hydrogen) atoms. The molecule has 4 saturated heterocycles. The van der Waals surface area contributed by atoms with Gasteiger partial charge in [0.05, 0.1) is 11.8 Å². The highest BCUT2D eigenvalue weighted by Gasteiger charge is 2.38. The first kappa shape index (κ1) is 28.8. The van der Waals surface area contributed by atoms with Gasteiger partial charge in [0.1, 0.15) is 12.1 Å². The minimum absolute atomic E-state index is 0.0164. The van der Waals surface area contributed by atoms with E-state index in [1.807, 2.05) is 0 Å². The van der Waals surface area contributed by atoms with Crippen LogP contribution in [0.5, 0.6) is 0 Å². The van der Waals surface area contributed by atoms with Crippen LogP contribution in [-0.4, -0.2) is 108 Å². The molecule has 10 nitrogen and oxygen atoms in total. The van der Waals surface area contributed by atoms with Crippen LogP contribution in [0.1, 0.15) is 77.0 Å². The Bertz CT molecular complexity index is 785. The van der Waals surface area contributed by atoms with Crippen molar-refractivity contribution in [3.8, 4) is 0 Å². The maximum absolute atomic E-state index is 13.1. The second kappa shape index (κ2) is 13.7. The van der Waals surface area contributed by atoms with Crippen LogP contribution < -0.4 is 11.5 Å². The molecule has 0 spiro atoms. The molecule has 4 N–H and O–H groups in total. The quantitative estimate of drug-likeness (QED) is 0.380. The van der Waals surface area contributed by atoms with Gasteiger partial charge in [-0.25, -0.2) is 0 Å². The average molecular weight is 533 g/mol. The third kappa shape index (κ3) is 7.25. The van der Waals surface area contributed by atoms with Gasteiger partial charge < -0.3 is 31.1 Å². The standard InChI is InChI=1S/C28H48N6O4/c29-25(35)23-11-7-17-33(23)27(37)21-9-5-15-31(19-21)13-3-1-2-4-14-32-16-6-10-22(20-32)28(38)34-18-8-12-24(34)26(30)36/h21-24H,1-20H2,(H2,29,35)(H2,30,36). The summed E-state index contributed by atoms with van der Waals surface area (Å²) in [4.78, 5) is 57.8. The molecule has 0 aromatic rings. The van der Waals surface area contributed by atoms with Gasteiger partial charge in [0, 0.05) is 26.2 Å². The number of rotatable bonds is 11. The van der Waals surface area contributed by atoms with E-state index >= 15 is 0 Å². The summed E-state index contributed by atoms with van der Waals surface area (Å²) in [5, 5.41) is 0. The Labute approximate surface area is 227 Å². The molecule has 10 heteroatoms. The number of likely N-dealkylation sites (tertiary alicyclic amines) is 4. The summed E-state index contributed by atoms with van der Waals surface area (Å²) in [5.74, 6) is -0.556. The van der Waals surface area contributed by atoms with Crippen LogP contribution in [0.25, 0.3) is 0 Å². The Hall–Kier alpha value is -2.20. The molecular weight excluding hydrogens is 484 g/mol. The maximum atomic E-state index is 13.1. The van der Waals surface area contributed by atoms with E-state index in [0.717, 1.165) is 103 Å². The van der Waals surface area contributed by atoms with Crippen molar-refractivity contribution in [2.45, 2.75) is 89.1 Å². The Morgan fingerprint density at radius 3 is 1.34 bits per heavy atom. The highest BCUT2D eigenvalue weighted by molar-refractivity contribution is 5.89. The Morgan fingerprint density at radius 1 is 0.553 bits per heavy atom. The third-order valence-electron chi connectivity index (χ3n) is 9.14. The molecule has 0 saturated carbocycles. The predicted octanol–water partition coefficient (Wildman–Crippen LogP) is 0.923. The van der Waals surface area contributed by atoms with Gasteiger partial charge in [-0.2, -0.15) is 0 Å². The molecule has 4 heterocycles. The number of carbonyl (C=O) groups excluding carboxylic acids is 4. The first-order valence-corrected chi connectivity index (χ1v) is 15.0. The van der Waals surface area contributed by atoms with Gasteiger partial charge in [-0.3, -0.25) is 19.2 Å². The van der Waals surface area contributed by atoms with Crippen molar-refractivity contribution in [1.29, 1.82) is 0 Å². The van der Waals surface area contributed by atoms with Crippen molar-refractivity contribution in [2.75, 3.05) is 52.4 Å². The molecule has 0 aromatic heterocycles. The molecule has 0 aliphatic carbocycles. The Kier molecular flexibility index (Phi) is 10.4. The van der Waals surface area contributed by atoms with Crippen LogP contribution in [0.2, 0.25) is 0 Å². The topological polar surface area (TPSA) is 133 Å². The highest BCUT2D eigenvalue weighted by Crippen LogP contribution is 2.26. The summed E-state index contributed by atoms with van der Waals surface area (Å²) in [5.41, 5.74) is 11.0. The molecule has 0 radical (unpaired) electrons. The minimum Gasteiger partial charge on any atom is -0.368 e. The number of piperidine rings is 2. The molecule has 4 atom stereocenters. The molecule has 4 fully saturated rings. The lowest BCUT2D eigenvalue weighted by molar-refractivity contribution is -0.142. The zero-order valence-electron chi connectivity index (χ0n) is 23.0. The van der Waals surface area contributed by atoms with Gasteiger partial charge in [0.15, 0.2) is 0 Å². The summed E-state index contributed by atoms with van der Waals surface area (Å²) in [7, 11) is 0. The van der Waals surface area contributed by atoms with Crippen LogP contribution >= 0.6 is 0 Å². The van der Waals surface area contributed by atoms with Crippen molar-refractivity contribution >= 4 is 23.6 Å². The van der Waals surface area contributed by atoms with E-state index in [-0.39, 0.29) is 35.5 Å². The largest absolute Gasteiger partial charge is 0.368 e. The number of unbranched alkanes of at least 4 members (excludes halogenated alkanes) is 3. The predicted molar refractivity (Wildman–Crippen MR) is 145 cm³/mol. The SMILES string of the molecule is NC(=O)C1CCCN1C(=O)C1CCCN(CCCCCCN2CCCC(C(=O)N3CCCC3C(N)=O)C2)C1. The second-order valence-corrected chi connectivity index (χ2v) is 11.9. The van der Waals surface area contributed by atoms with Crippen LogP contribution in [0, 0.1) is 11.8 Å². The monoisotopic (exact) mass is 532 g/mol. The molecule has 4 aliphatic rings. The number of nitrogens with zero attached hydrogens (tertiary/aromatic N) is 4. The van der Waals surface area contributed by atoms with Gasteiger partial charge >= 0.3 is 0 Å². The lowest BCUT2D eigenvalue weighted by Gasteiger charge is -2.35. The molecule has 0 bridgehead atoms. The van der Waals surface area contributed by atoms with Crippen molar-refractivity contribution < 1.29 is 19.2 Å². The number of nitrogens with two attached hydrogens (primary N) is 2. The zero-order chi connectivity index (χ0) is 27.1. The van der Waals surface area contributed by atoms with Gasteiger partial charge in [-0.05, 0) is 90.4 Å². The highest BCUT2D eigenvalue weighted by atomic mass is 16.2. The first-order valence-electron chi connectivity index (χ1n) is 15.0. The van der Waals surface area contributed by atoms with Crippen molar-refractivity contribution in [1.82, 2.24) is 19.6 Å². The number of hydrogen-bond acceptors (Lipinski definition) is 6. The molecule has 0 aromatic carbocycles. The molecule has 4 amide bonds. The number of amides is 4. The summed E-state index contributed by atoms with van der Waals surface area (Å²) in [6, 6.07) is -0.836. The number of primary amides is 2. The lowest BCUT2D eigenvalue weighted by atomic mass is 9.95. The van der Waals surface area contributed by atoms with E-state index in [1.165, 1.54) is 0 Å². The second-order valence-electron chi connectivity index (χ2n) is 11.9. The van der Waals surface area contributed by atoms with E-state index in [2.05, 4.69) is 9.80 Å². The molecule has 4 aliphatic heterocycles. The van der Waals surface area contributed by atoms with E-state index in [1.54, 1.807) is 9.80 Å². The minimum atomic E-state index is -0.418. The van der Waals surface area contributed by atoms with Gasteiger partial charge in [-0.1, -0.05) is 12.8 Å². The summed E-state index contributed by atoms with van der Waals surface area (Å²) in [6.07, 6.45) is 11.5. The lowest BCUT2D eigenvalue weighted by Crippen LogP contribution is -2.49. The Morgan fingerprint density at radius 2 is 0.947 bits per heavy atom. The fourth-order valence-electron chi connectivity index (χ4n) is 7.07. The summed E-state index contributed by atoms with van der Waals surface area (Å²) >= 11 is 0. The van der Waals surface area contributed by atoms with Gasteiger partial charge in [-0.15, -0.1) is 0 Å². The van der Waals surface area contributed by atoms with Crippen molar-refractivity contribution in [2.24, 2.45) is 23.3 Å².